The molecule has 0 aliphatic carbocycles. The van der Waals surface area contributed by atoms with Crippen LogP contribution in [0, 0.1) is 0 Å². The number of nitrogens with one attached hydrogen (secondary N) is 2. The average molecular weight is 332 g/mol. The maximum Gasteiger partial charge on any atom is 0.416 e. The third kappa shape index (κ3) is 5.78. The number of rotatable bonds is 7. The van der Waals surface area contributed by atoms with Gasteiger partial charge in [-0.25, -0.2) is 0 Å². The largest absolute Gasteiger partial charge is 0.416 e. The molecule has 0 saturated carbocycles. The van der Waals surface area contributed by atoms with E-state index in [9.17, 15) is 22.8 Å². The molecule has 0 fully saturated rings. The van der Waals surface area contributed by atoms with Gasteiger partial charge in [0.2, 0.25) is 5.91 Å². The fourth-order valence-corrected chi connectivity index (χ4v) is 1.92. The summed E-state index contributed by atoms with van der Waals surface area (Å²) in [5, 5.41) is 5.28. The van der Waals surface area contributed by atoms with Crippen molar-refractivity contribution in [2.24, 2.45) is 5.73 Å². The maximum atomic E-state index is 12.7. The summed E-state index contributed by atoms with van der Waals surface area (Å²) >= 11 is 0. The van der Waals surface area contributed by atoms with Crippen LogP contribution in [0.3, 0.4) is 0 Å². The molecule has 0 radical (unpaired) electrons. The zero-order chi connectivity index (χ0) is 17.6. The van der Waals surface area contributed by atoms with E-state index in [-0.39, 0.29) is 24.3 Å². The van der Waals surface area contributed by atoms with E-state index in [1.807, 2.05) is 0 Å². The Labute approximate surface area is 131 Å². The van der Waals surface area contributed by atoms with Crippen LogP contribution in [0.25, 0.3) is 0 Å². The van der Waals surface area contributed by atoms with Crippen molar-refractivity contribution >= 4 is 17.5 Å². The lowest BCUT2D eigenvalue weighted by Crippen LogP contribution is -2.44. The summed E-state index contributed by atoms with van der Waals surface area (Å²) in [4.78, 5) is 22.9. The third-order valence-corrected chi connectivity index (χ3v) is 3.10. The van der Waals surface area contributed by atoms with Gasteiger partial charge >= 0.3 is 6.18 Å². The van der Waals surface area contributed by atoms with Crippen molar-refractivity contribution in [1.29, 1.82) is 0 Å². The number of halogens is 3. The molecule has 9 heteroatoms. The van der Waals surface area contributed by atoms with Gasteiger partial charge in [-0.2, -0.15) is 13.2 Å². The van der Waals surface area contributed by atoms with Crippen molar-refractivity contribution < 1.29 is 22.8 Å². The van der Waals surface area contributed by atoms with Crippen LogP contribution >= 0.6 is 0 Å². The normalized spacial score (nSPS) is 12.7. The molecular weight excluding hydrogens is 313 g/mol. The first-order valence-corrected chi connectivity index (χ1v) is 6.93. The van der Waals surface area contributed by atoms with E-state index in [2.05, 4.69) is 10.6 Å². The highest BCUT2D eigenvalue weighted by Gasteiger charge is 2.31. The van der Waals surface area contributed by atoms with E-state index >= 15 is 0 Å². The Hall–Kier alpha value is -2.29. The summed E-state index contributed by atoms with van der Waals surface area (Å²) in [5.74, 6) is -1.19. The predicted octanol–water partition coefficient (Wildman–Crippen LogP) is 0.871. The zero-order valence-corrected chi connectivity index (χ0v) is 12.5. The highest BCUT2D eigenvalue weighted by Crippen LogP contribution is 2.31. The number of nitrogens with two attached hydrogens (primary N) is 2. The number of hydrogen-bond acceptors (Lipinski definition) is 4. The summed E-state index contributed by atoms with van der Waals surface area (Å²) in [7, 11) is 0. The van der Waals surface area contributed by atoms with Crippen LogP contribution in [0.1, 0.15) is 29.3 Å². The minimum absolute atomic E-state index is 0.124. The van der Waals surface area contributed by atoms with Gasteiger partial charge in [0.15, 0.2) is 0 Å². The van der Waals surface area contributed by atoms with E-state index < -0.39 is 29.6 Å². The highest BCUT2D eigenvalue weighted by atomic mass is 19.4. The summed E-state index contributed by atoms with van der Waals surface area (Å²) in [6, 6.07) is 2.14. The Bertz CT molecular complexity index is 576. The predicted molar refractivity (Wildman–Crippen MR) is 79.5 cm³/mol. The number of carbonyl (C=O) groups excluding carboxylic acids is 2. The van der Waals surface area contributed by atoms with Gasteiger partial charge in [-0.15, -0.1) is 0 Å². The van der Waals surface area contributed by atoms with Gasteiger partial charge in [0.1, 0.15) is 0 Å². The number of carbonyl (C=O) groups is 2. The molecule has 0 aliphatic heterocycles. The van der Waals surface area contributed by atoms with Gasteiger partial charge in [-0.1, -0.05) is 6.92 Å². The second-order valence-corrected chi connectivity index (χ2v) is 4.91. The molecule has 6 nitrogen and oxygen atoms in total. The second kappa shape index (κ2) is 7.82. The first-order valence-electron chi connectivity index (χ1n) is 6.93. The van der Waals surface area contributed by atoms with Gasteiger partial charge in [0.05, 0.1) is 11.6 Å². The van der Waals surface area contributed by atoms with Crippen LogP contribution in [-0.4, -0.2) is 30.9 Å². The van der Waals surface area contributed by atoms with Crippen LogP contribution in [0.2, 0.25) is 0 Å². The van der Waals surface area contributed by atoms with Crippen molar-refractivity contribution in [2.75, 3.05) is 18.8 Å². The van der Waals surface area contributed by atoms with E-state index in [1.54, 1.807) is 6.92 Å². The van der Waals surface area contributed by atoms with Crippen molar-refractivity contribution in [3.8, 4) is 0 Å². The minimum atomic E-state index is -4.58. The molecule has 128 valence electrons. The number of anilines is 1. The van der Waals surface area contributed by atoms with E-state index in [4.69, 9.17) is 11.5 Å². The topological polar surface area (TPSA) is 110 Å². The smallest absolute Gasteiger partial charge is 0.399 e. The molecule has 1 rings (SSSR count). The van der Waals surface area contributed by atoms with Crippen LogP contribution in [-0.2, 0) is 11.0 Å². The van der Waals surface area contributed by atoms with Crippen LogP contribution in [0.5, 0.6) is 0 Å². The van der Waals surface area contributed by atoms with E-state index in [0.29, 0.717) is 6.42 Å². The summed E-state index contributed by atoms with van der Waals surface area (Å²) in [6.07, 6.45) is -4.09. The lowest BCUT2D eigenvalue weighted by molar-refractivity contribution is -0.137. The molecule has 1 atom stereocenters. The lowest BCUT2D eigenvalue weighted by Gasteiger charge is -2.14. The fourth-order valence-electron chi connectivity index (χ4n) is 1.92. The first kappa shape index (κ1) is 18.8. The van der Waals surface area contributed by atoms with Gasteiger partial charge in [0, 0.05) is 24.3 Å². The molecule has 1 unspecified atom stereocenters. The number of amides is 2. The molecule has 1 aromatic rings. The van der Waals surface area contributed by atoms with Gasteiger partial charge in [0.25, 0.3) is 5.91 Å². The third-order valence-electron chi connectivity index (χ3n) is 3.10. The molecule has 0 aromatic heterocycles. The van der Waals surface area contributed by atoms with Gasteiger partial charge < -0.3 is 22.1 Å². The Morgan fingerprint density at radius 3 is 2.39 bits per heavy atom. The average Bonchev–Trinajstić information content (AvgIpc) is 2.45. The highest BCUT2D eigenvalue weighted by molar-refractivity contribution is 5.95. The minimum Gasteiger partial charge on any atom is -0.399 e. The van der Waals surface area contributed by atoms with Crippen LogP contribution < -0.4 is 22.1 Å². The number of hydrogen-bond donors (Lipinski definition) is 4. The van der Waals surface area contributed by atoms with Crippen molar-refractivity contribution in [1.82, 2.24) is 10.6 Å². The second-order valence-electron chi connectivity index (χ2n) is 4.91. The standard InChI is InChI=1S/C14H19F3N4O2/c1-2-11(12(19)22)20-3-4-21-13(23)8-5-9(14(15,16)17)7-10(18)6-8/h5-7,11,20H,2-4,18H2,1H3,(H2,19,22)(H,21,23). The Balaban J connectivity index is 2.62. The summed E-state index contributed by atoms with van der Waals surface area (Å²) in [6.45, 7) is 2.15. The van der Waals surface area contributed by atoms with Crippen LogP contribution in [0.4, 0.5) is 18.9 Å². The van der Waals surface area contributed by atoms with E-state index in [0.717, 1.165) is 18.2 Å². The SMILES string of the molecule is CCC(NCCNC(=O)c1cc(N)cc(C(F)(F)F)c1)C(N)=O. The molecule has 0 aliphatic rings. The Morgan fingerprint density at radius 2 is 1.87 bits per heavy atom. The molecule has 1 aromatic carbocycles. The molecule has 23 heavy (non-hydrogen) atoms. The summed E-state index contributed by atoms with van der Waals surface area (Å²) in [5.41, 5.74) is 9.22. The Kier molecular flexibility index (Phi) is 6.38. The van der Waals surface area contributed by atoms with Crippen LogP contribution in [0.15, 0.2) is 18.2 Å². The van der Waals surface area contributed by atoms with E-state index in [1.165, 1.54) is 0 Å². The van der Waals surface area contributed by atoms with Gasteiger partial charge in [-0.05, 0) is 24.6 Å². The van der Waals surface area contributed by atoms with Crippen molar-refractivity contribution in [3.63, 3.8) is 0 Å². The van der Waals surface area contributed by atoms with Gasteiger partial charge in [-0.3, -0.25) is 9.59 Å². The molecule has 0 heterocycles. The van der Waals surface area contributed by atoms with Crippen molar-refractivity contribution in [2.45, 2.75) is 25.6 Å². The summed E-state index contributed by atoms with van der Waals surface area (Å²) < 4.78 is 38.0. The molecule has 0 bridgehead atoms. The quantitative estimate of drug-likeness (QED) is 0.439. The number of alkyl halides is 3. The molecule has 0 spiro atoms. The van der Waals surface area contributed by atoms with Crippen molar-refractivity contribution in [3.05, 3.63) is 29.3 Å². The Morgan fingerprint density at radius 1 is 1.22 bits per heavy atom. The molecule has 2 amide bonds. The zero-order valence-electron chi connectivity index (χ0n) is 12.5. The molecule has 0 saturated heterocycles. The maximum absolute atomic E-state index is 12.7. The molecular formula is C14H19F3N4O2. The fraction of sp³-hybridized carbons (Fsp3) is 0.429. The first-order chi connectivity index (χ1) is 10.6. The number of nitrogen functional groups attached to an aromatic ring is 1. The number of primary amides is 1. The molecule has 6 N–H and O–H groups in total. The lowest BCUT2D eigenvalue weighted by atomic mass is 10.1. The number of benzene rings is 1. The monoisotopic (exact) mass is 332 g/mol.